The summed E-state index contributed by atoms with van der Waals surface area (Å²) in [5, 5.41) is 4.09. The molecule has 112 valence electrons. The number of esters is 1. The van der Waals surface area contributed by atoms with E-state index in [9.17, 15) is 4.79 Å². The second-order valence-corrected chi connectivity index (χ2v) is 6.01. The topological polar surface area (TPSA) is 52.3 Å². The van der Waals surface area contributed by atoms with Gasteiger partial charge in [-0.25, -0.2) is 0 Å². The van der Waals surface area contributed by atoms with Crippen molar-refractivity contribution in [2.75, 3.05) is 12.9 Å². The second kappa shape index (κ2) is 7.31. The number of hydrogen-bond acceptors (Lipinski definition) is 5. The van der Waals surface area contributed by atoms with Crippen molar-refractivity contribution in [1.82, 2.24) is 5.16 Å². The highest BCUT2D eigenvalue weighted by molar-refractivity contribution is 7.98. The average molecular weight is 305 g/mol. The minimum atomic E-state index is -0.180. The number of nitrogens with zero attached hydrogens (tertiary/aromatic N) is 1. The molecule has 4 nitrogen and oxygen atoms in total. The summed E-state index contributed by atoms with van der Waals surface area (Å²) in [6.07, 6.45) is 0. The molecule has 0 fully saturated rings. The Kier molecular flexibility index (Phi) is 5.44. The molecule has 1 aromatic carbocycles. The molecule has 1 aromatic heterocycles. The fraction of sp³-hybridized carbons (Fsp3) is 0.375. The third-order valence-electron chi connectivity index (χ3n) is 3.12. The summed E-state index contributed by atoms with van der Waals surface area (Å²) in [6, 6.07) is 10.1. The van der Waals surface area contributed by atoms with Crippen molar-refractivity contribution in [2.45, 2.75) is 19.6 Å². The molecule has 0 aliphatic rings. The van der Waals surface area contributed by atoms with Crippen molar-refractivity contribution in [3.8, 4) is 11.3 Å². The largest absolute Gasteiger partial charge is 0.469 e. The number of aryl methyl sites for hydroxylation is 1. The van der Waals surface area contributed by atoms with E-state index < -0.39 is 0 Å². The first-order chi connectivity index (χ1) is 10.1. The zero-order valence-corrected chi connectivity index (χ0v) is 13.3. The average Bonchev–Trinajstić information content (AvgIpc) is 2.95. The fourth-order valence-electron chi connectivity index (χ4n) is 1.85. The fourth-order valence-corrected chi connectivity index (χ4v) is 2.79. The Labute approximate surface area is 128 Å². The van der Waals surface area contributed by atoms with Gasteiger partial charge in [-0.3, -0.25) is 4.79 Å². The van der Waals surface area contributed by atoms with Crippen molar-refractivity contribution in [1.29, 1.82) is 0 Å². The van der Waals surface area contributed by atoms with E-state index in [-0.39, 0.29) is 11.9 Å². The Morgan fingerprint density at radius 1 is 1.38 bits per heavy atom. The molecule has 0 radical (unpaired) electrons. The second-order valence-electron chi connectivity index (χ2n) is 4.98. The van der Waals surface area contributed by atoms with E-state index in [1.807, 2.05) is 25.1 Å². The minimum absolute atomic E-state index is 0.112. The Hall–Kier alpha value is -1.75. The van der Waals surface area contributed by atoms with Gasteiger partial charge in [-0.2, -0.15) is 11.8 Å². The molecule has 0 saturated carbocycles. The van der Waals surface area contributed by atoms with Gasteiger partial charge in [0.2, 0.25) is 0 Å². The molecule has 0 aliphatic carbocycles. The number of carbonyl (C=O) groups excluding carboxylic acids is 1. The number of aromatic nitrogens is 1. The number of rotatable bonds is 6. The molecule has 1 heterocycles. The zero-order valence-electron chi connectivity index (χ0n) is 12.5. The molecule has 1 unspecified atom stereocenters. The standard InChI is InChI=1S/C16H19NO3S/c1-11-4-6-13(7-5-11)15-8-14(20-17-15)10-21-9-12(2)16(18)19-3/h4-8,12H,9-10H2,1-3H3. The first-order valence-corrected chi connectivity index (χ1v) is 7.94. The number of hydrogen-bond donors (Lipinski definition) is 0. The van der Waals surface area contributed by atoms with Crippen LogP contribution < -0.4 is 0 Å². The molecule has 0 spiro atoms. The Bertz CT molecular complexity index is 592. The van der Waals surface area contributed by atoms with Crippen molar-refractivity contribution in [3.63, 3.8) is 0 Å². The molecular weight excluding hydrogens is 286 g/mol. The Morgan fingerprint density at radius 2 is 2.10 bits per heavy atom. The van der Waals surface area contributed by atoms with Gasteiger partial charge in [-0.15, -0.1) is 0 Å². The molecule has 0 amide bonds. The molecule has 2 rings (SSSR count). The van der Waals surface area contributed by atoms with Crippen molar-refractivity contribution < 1.29 is 14.1 Å². The van der Waals surface area contributed by atoms with Gasteiger partial charge in [-0.05, 0) is 6.92 Å². The lowest BCUT2D eigenvalue weighted by Crippen LogP contribution is -2.14. The van der Waals surface area contributed by atoms with Crippen molar-refractivity contribution >= 4 is 17.7 Å². The Morgan fingerprint density at radius 3 is 2.76 bits per heavy atom. The maximum atomic E-state index is 11.3. The van der Waals surface area contributed by atoms with E-state index in [0.29, 0.717) is 11.5 Å². The lowest BCUT2D eigenvalue weighted by molar-refractivity contribution is -0.143. The molecule has 1 atom stereocenters. The third-order valence-corrected chi connectivity index (χ3v) is 4.35. The van der Waals surface area contributed by atoms with E-state index in [1.54, 1.807) is 11.8 Å². The molecule has 0 bridgehead atoms. The smallest absolute Gasteiger partial charge is 0.309 e. The quantitative estimate of drug-likeness (QED) is 0.762. The van der Waals surface area contributed by atoms with Crippen molar-refractivity contribution in [2.24, 2.45) is 5.92 Å². The summed E-state index contributed by atoms with van der Waals surface area (Å²) < 4.78 is 10.0. The van der Waals surface area contributed by atoms with Gasteiger partial charge in [0.15, 0.2) is 0 Å². The monoisotopic (exact) mass is 305 g/mol. The summed E-state index contributed by atoms with van der Waals surface area (Å²) in [5.74, 6) is 1.92. The van der Waals surface area contributed by atoms with Crippen LogP contribution in [-0.4, -0.2) is 24.0 Å². The number of carbonyl (C=O) groups is 1. The number of benzene rings is 1. The molecule has 0 aliphatic heterocycles. The van der Waals surface area contributed by atoms with Crippen LogP contribution in [0.15, 0.2) is 34.9 Å². The van der Waals surface area contributed by atoms with Crippen LogP contribution in [0.4, 0.5) is 0 Å². The first kappa shape index (κ1) is 15.6. The summed E-state index contributed by atoms with van der Waals surface area (Å²) >= 11 is 1.63. The number of ether oxygens (including phenoxy) is 1. The molecule has 21 heavy (non-hydrogen) atoms. The molecule has 0 N–H and O–H groups in total. The van der Waals surface area contributed by atoms with Gasteiger partial charge in [0, 0.05) is 17.4 Å². The predicted octanol–water partition coefficient (Wildman–Crippen LogP) is 3.69. The summed E-state index contributed by atoms with van der Waals surface area (Å²) in [5.41, 5.74) is 3.10. The van der Waals surface area contributed by atoms with Crippen LogP contribution in [0.2, 0.25) is 0 Å². The van der Waals surface area contributed by atoms with E-state index in [0.717, 1.165) is 17.0 Å². The van der Waals surface area contributed by atoms with Gasteiger partial charge in [0.1, 0.15) is 11.5 Å². The lowest BCUT2D eigenvalue weighted by atomic mass is 10.1. The van der Waals surface area contributed by atoms with E-state index in [2.05, 4.69) is 24.2 Å². The minimum Gasteiger partial charge on any atom is -0.469 e. The Balaban J connectivity index is 1.89. The summed E-state index contributed by atoms with van der Waals surface area (Å²) in [4.78, 5) is 11.3. The van der Waals surface area contributed by atoms with Crippen LogP contribution in [0.25, 0.3) is 11.3 Å². The van der Waals surface area contributed by atoms with Gasteiger partial charge in [0.25, 0.3) is 0 Å². The van der Waals surface area contributed by atoms with Gasteiger partial charge in [0.05, 0.1) is 18.8 Å². The SMILES string of the molecule is COC(=O)C(C)CSCc1cc(-c2ccc(C)cc2)no1. The summed E-state index contributed by atoms with van der Waals surface area (Å²) in [6.45, 7) is 3.91. The third kappa shape index (κ3) is 4.36. The van der Waals surface area contributed by atoms with Gasteiger partial charge in [-0.1, -0.05) is 41.9 Å². The van der Waals surface area contributed by atoms with Crippen LogP contribution in [0, 0.1) is 12.8 Å². The van der Waals surface area contributed by atoms with Crippen molar-refractivity contribution in [3.05, 3.63) is 41.7 Å². The van der Waals surface area contributed by atoms with Gasteiger partial charge >= 0.3 is 5.97 Å². The van der Waals surface area contributed by atoms with E-state index in [4.69, 9.17) is 9.26 Å². The highest BCUT2D eigenvalue weighted by Gasteiger charge is 2.13. The van der Waals surface area contributed by atoms with E-state index in [1.165, 1.54) is 12.7 Å². The van der Waals surface area contributed by atoms with E-state index >= 15 is 0 Å². The summed E-state index contributed by atoms with van der Waals surface area (Å²) in [7, 11) is 1.41. The first-order valence-electron chi connectivity index (χ1n) is 6.78. The van der Waals surface area contributed by atoms with Crippen LogP contribution in [0.1, 0.15) is 18.2 Å². The molecule has 0 saturated heterocycles. The van der Waals surface area contributed by atoms with Crippen LogP contribution in [0.5, 0.6) is 0 Å². The molecule has 2 aromatic rings. The molecule has 5 heteroatoms. The number of thioether (sulfide) groups is 1. The highest BCUT2D eigenvalue weighted by atomic mass is 32.2. The van der Waals surface area contributed by atoms with Gasteiger partial charge < -0.3 is 9.26 Å². The maximum Gasteiger partial charge on any atom is 0.309 e. The lowest BCUT2D eigenvalue weighted by Gasteiger charge is -2.06. The predicted molar refractivity (Wildman–Crippen MR) is 84.0 cm³/mol. The zero-order chi connectivity index (χ0) is 15.2. The van der Waals surface area contributed by atoms with Crippen LogP contribution in [-0.2, 0) is 15.3 Å². The van der Waals surface area contributed by atoms with Crippen LogP contribution in [0.3, 0.4) is 0 Å². The number of methoxy groups -OCH3 is 1. The highest BCUT2D eigenvalue weighted by Crippen LogP contribution is 2.23. The normalized spacial score (nSPS) is 12.1. The maximum absolute atomic E-state index is 11.3. The molecular formula is C16H19NO3S. The van der Waals surface area contributed by atoms with Crippen LogP contribution >= 0.6 is 11.8 Å².